The number of hydrogen-bond acceptors (Lipinski definition) is 1. The highest BCUT2D eigenvalue weighted by atomic mass is 16.2. The number of likely N-dealkylation sites (N-methyl/N-ethyl adjacent to an activating group) is 1. The average molecular weight is 217 g/mol. The number of anilines is 1. The minimum absolute atomic E-state index is 0.190. The highest BCUT2D eigenvalue weighted by Crippen LogP contribution is 2.44. The molecule has 1 aliphatic rings. The highest BCUT2D eigenvalue weighted by molar-refractivity contribution is 6.07. The Hall–Kier alpha value is -1.31. The van der Waals surface area contributed by atoms with Gasteiger partial charge in [-0.1, -0.05) is 0 Å². The second-order valence-electron chi connectivity index (χ2n) is 5.33. The number of nitrogens with zero attached hydrogens (tertiary/aromatic N) is 1. The van der Waals surface area contributed by atoms with Crippen molar-refractivity contribution in [2.24, 2.45) is 0 Å². The van der Waals surface area contributed by atoms with Gasteiger partial charge in [-0.05, 0) is 62.9 Å². The van der Waals surface area contributed by atoms with E-state index >= 15 is 0 Å². The smallest absolute Gasteiger partial charge is 0.236 e. The molecule has 0 atom stereocenters. The molecule has 86 valence electrons. The van der Waals surface area contributed by atoms with Crippen LogP contribution >= 0.6 is 0 Å². The van der Waals surface area contributed by atoms with Crippen molar-refractivity contribution in [1.29, 1.82) is 0 Å². The fraction of sp³-hybridized carbons (Fsp3) is 0.500. The summed E-state index contributed by atoms with van der Waals surface area (Å²) in [5.74, 6) is 0.190. The third-order valence-electron chi connectivity index (χ3n) is 3.96. The molecule has 1 aromatic rings. The van der Waals surface area contributed by atoms with Gasteiger partial charge in [0.2, 0.25) is 5.91 Å². The first kappa shape index (κ1) is 11.2. The molecular weight excluding hydrogens is 198 g/mol. The number of carbonyl (C=O) groups is 1. The lowest BCUT2D eigenvalue weighted by Gasteiger charge is -2.19. The number of hydrogen-bond donors (Lipinski definition) is 0. The molecule has 0 bridgehead atoms. The zero-order valence-corrected chi connectivity index (χ0v) is 10.9. The van der Waals surface area contributed by atoms with Gasteiger partial charge in [0.05, 0.1) is 5.41 Å². The van der Waals surface area contributed by atoms with Crippen LogP contribution in [-0.4, -0.2) is 13.0 Å². The standard InChI is InChI=1S/C14H19NO/c1-8-7-11-12(10(3)9(8)2)14(4,5)13(16)15(11)6/h7H,1-6H3. The first-order valence-corrected chi connectivity index (χ1v) is 5.68. The van der Waals surface area contributed by atoms with Crippen molar-refractivity contribution in [3.05, 3.63) is 28.3 Å². The van der Waals surface area contributed by atoms with Crippen molar-refractivity contribution < 1.29 is 4.79 Å². The Morgan fingerprint density at radius 1 is 1.12 bits per heavy atom. The predicted octanol–water partition coefficient (Wildman–Crippen LogP) is 2.87. The van der Waals surface area contributed by atoms with Crippen LogP contribution in [-0.2, 0) is 10.2 Å². The molecule has 0 fully saturated rings. The fourth-order valence-corrected chi connectivity index (χ4v) is 2.75. The minimum Gasteiger partial charge on any atom is -0.314 e. The van der Waals surface area contributed by atoms with E-state index < -0.39 is 0 Å². The van der Waals surface area contributed by atoms with E-state index in [0.29, 0.717) is 0 Å². The number of carbonyl (C=O) groups excluding carboxylic acids is 1. The number of fused-ring (bicyclic) bond motifs is 1. The Morgan fingerprint density at radius 3 is 2.25 bits per heavy atom. The van der Waals surface area contributed by atoms with E-state index in [1.807, 2.05) is 20.9 Å². The van der Waals surface area contributed by atoms with E-state index in [1.54, 1.807) is 4.90 Å². The van der Waals surface area contributed by atoms with Gasteiger partial charge in [-0.2, -0.15) is 0 Å². The van der Waals surface area contributed by atoms with E-state index in [2.05, 4.69) is 26.8 Å². The summed E-state index contributed by atoms with van der Waals surface area (Å²) in [5, 5.41) is 0. The van der Waals surface area contributed by atoms with Crippen molar-refractivity contribution in [2.75, 3.05) is 11.9 Å². The Balaban J connectivity index is 2.83. The molecule has 1 aromatic carbocycles. The van der Waals surface area contributed by atoms with Crippen LogP contribution in [0.25, 0.3) is 0 Å². The molecule has 2 rings (SSSR count). The van der Waals surface area contributed by atoms with Crippen molar-refractivity contribution in [2.45, 2.75) is 40.0 Å². The van der Waals surface area contributed by atoms with E-state index in [9.17, 15) is 4.79 Å². The van der Waals surface area contributed by atoms with Gasteiger partial charge in [0.25, 0.3) is 0 Å². The van der Waals surface area contributed by atoms with E-state index in [-0.39, 0.29) is 11.3 Å². The van der Waals surface area contributed by atoms with Crippen LogP contribution in [0.4, 0.5) is 5.69 Å². The van der Waals surface area contributed by atoms with Crippen LogP contribution in [0.5, 0.6) is 0 Å². The zero-order chi connectivity index (χ0) is 12.2. The molecule has 0 saturated carbocycles. The van der Waals surface area contributed by atoms with Gasteiger partial charge >= 0.3 is 0 Å². The Labute approximate surface area is 97.3 Å². The Morgan fingerprint density at radius 2 is 1.69 bits per heavy atom. The summed E-state index contributed by atoms with van der Waals surface area (Å²) < 4.78 is 0. The summed E-state index contributed by atoms with van der Waals surface area (Å²) in [6.45, 7) is 10.4. The monoisotopic (exact) mass is 217 g/mol. The maximum absolute atomic E-state index is 12.2. The maximum atomic E-state index is 12.2. The lowest BCUT2D eigenvalue weighted by Crippen LogP contribution is -2.33. The lowest BCUT2D eigenvalue weighted by molar-refractivity contribution is -0.121. The van der Waals surface area contributed by atoms with Crippen molar-refractivity contribution >= 4 is 11.6 Å². The summed E-state index contributed by atoms with van der Waals surface area (Å²) in [7, 11) is 1.87. The summed E-state index contributed by atoms with van der Waals surface area (Å²) in [6.07, 6.45) is 0. The van der Waals surface area contributed by atoms with Crippen LogP contribution in [0, 0.1) is 20.8 Å². The molecule has 0 saturated heterocycles. The Bertz CT molecular complexity index is 486. The minimum atomic E-state index is -0.382. The average Bonchev–Trinajstić information content (AvgIpc) is 2.37. The molecule has 0 spiro atoms. The second kappa shape index (κ2) is 3.09. The molecule has 16 heavy (non-hydrogen) atoms. The summed E-state index contributed by atoms with van der Waals surface area (Å²) in [4.78, 5) is 14.0. The third-order valence-corrected chi connectivity index (χ3v) is 3.96. The Kier molecular flexibility index (Phi) is 2.16. The van der Waals surface area contributed by atoms with E-state index in [0.717, 1.165) is 5.69 Å². The zero-order valence-electron chi connectivity index (χ0n) is 10.9. The molecule has 1 amide bonds. The largest absolute Gasteiger partial charge is 0.314 e. The topological polar surface area (TPSA) is 20.3 Å². The maximum Gasteiger partial charge on any atom is 0.236 e. The van der Waals surface area contributed by atoms with Gasteiger partial charge in [-0.3, -0.25) is 4.79 Å². The van der Waals surface area contributed by atoms with Gasteiger partial charge in [-0.15, -0.1) is 0 Å². The SMILES string of the molecule is Cc1cc2c(c(C)c1C)C(C)(C)C(=O)N2C. The molecule has 0 radical (unpaired) electrons. The first-order chi connectivity index (χ1) is 7.28. The van der Waals surface area contributed by atoms with E-state index in [1.165, 1.54) is 22.3 Å². The number of rotatable bonds is 0. The van der Waals surface area contributed by atoms with Crippen molar-refractivity contribution in [3.63, 3.8) is 0 Å². The highest BCUT2D eigenvalue weighted by Gasteiger charge is 2.43. The molecule has 2 heteroatoms. The van der Waals surface area contributed by atoms with Crippen LogP contribution in [0.15, 0.2) is 6.07 Å². The number of amides is 1. The predicted molar refractivity (Wildman–Crippen MR) is 67.1 cm³/mol. The summed E-state index contributed by atoms with van der Waals surface area (Å²) in [6, 6.07) is 2.13. The first-order valence-electron chi connectivity index (χ1n) is 5.68. The number of aryl methyl sites for hydroxylation is 1. The fourth-order valence-electron chi connectivity index (χ4n) is 2.75. The molecule has 2 nitrogen and oxygen atoms in total. The molecular formula is C14H19NO. The van der Waals surface area contributed by atoms with Gasteiger partial charge in [0.1, 0.15) is 0 Å². The molecule has 0 N–H and O–H groups in total. The molecule has 0 unspecified atom stereocenters. The van der Waals surface area contributed by atoms with Crippen molar-refractivity contribution in [3.8, 4) is 0 Å². The van der Waals surface area contributed by atoms with Gasteiger partial charge in [0, 0.05) is 12.7 Å². The quantitative estimate of drug-likeness (QED) is 0.654. The number of benzene rings is 1. The summed E-state index contributed by atoms with van der Waals surface area (Å²) in [5.41, 5.74) is 5.71. The van der Waals surface area contributed by atoms with Gasteiger partial charge < -0.3 is 4.90 Å². The lowest BCUT2D eigenvalue weighted by atomic mass is 9.81. The van der Waals surface area contributed by atoms with Crippen LogP contribution in [0.1, 0.15) is 36.1 Å². The molecule has 1 aliphatic heterocycles. The molecule has 0 aromatic heterocycles. The van der Waals surface area contributed by atoms with E-state index in [4.69, 9.17) is 0 Å². The third kappa shape index (κ3) is 1.16. The molecule has 1 heterocycles. The summed E-state index contributed by atoms with van der Waals surface area (Å²) >= 11 is 0. The second-order valence-corrected chi connectivity index (χ2v) is 5.33. The van der Waals surface area contributed by atoms with Gasteiger partial charge in [-0.25, -0.2) is 0 Å². The van der Waals surface area contributed by atoms with Crippen LogP contribution < -0.4 is 4.90 Å². The normalized spacial score (nSPS) is 17.9. The van der Waals surface area contributed by atoms with Crippen molar-refractivity contribution in [1.82, 2.24) is 0 Å². The van der Waals surface area contributed by atoms with Crippen LogP contribution in [0.3, 0.4) is 0 Å². The van der Waals surface area contributed by atoms with Gasteiger partial charge in [0.15, 0.2) is 0 Å². The molecule has 0 aliphatic carbocycles. The van der Waals surface area contributed by atoms with Crippen LogP contribution in [0.2, 0.25) is 0 Å².